The zero-order valence-corrected chi connectivity index (χ0v) is 9.06. The summed E-state index contributed by atoms with van der Waals surface area (Å²) >= 11 is 0. The van der Waals surface area contributed by atoms with Crippen LogP contribution in [-0.4, -0.2) is 28.3 Å². The summed E-state index contributed by atoms with van der Waals surface area (Å²) in [6, 6.07) is 0. The average Bonchev–Trinajstić information content (AvgIpc) is 1.85. The number of allylic oxidation sites excluding steroid dienone is 1. The normalized spacial score (nSPS) is 14.9. The molecule has 0 aliphatic carbocycles. The molecule has 0 amide bonds. The van der Waals surface area contributed by atoms with Gasteiger partial charge in [0, 0.05) is 0 Å². The van der Waals surface area contributed by atoms with Crippen molar-refractivity contribution in [2.45, 2.75) is 20.3 Å². The molecule has 0 N–H and O–H groups in total. The van der Waals surface area contributed by atoms with Gasteiger partial charge in [0.1, 0.15) is 9.68 Å². The first kappa shape index (κ1) is 9.92. The molecule has 1 nitrogen and oxygen atoms in total. The van der Waals surface area contributed by atoms with E-state index >= 15 is 0 Å². The number of hydrogen-bond acceptors (Lipinski definition) is 1. The van der Waals surface area contributed by atoms with Crippen molar-refractivity contribution in [3.8, 4) is 0 Å². The van der Waals surface area contributed by atoms with Crippen LogP contribution in [0, 0.1) is 5.92 Å². The summed E-state index contributed by atoms with van der Waals surface area (Å²) in [5, 5.41) is 1.48. The molecule has 0 aromatic carbocycles. The number of hydrogen-bond donors (Lipinski definition) is 0. The lowest BCUT2D eigenvalue weighted by molar-refractivity contribution is 0.634. The van der Waals surface area contributed by atoms with E-state index in [4.69, 9.17) is 0 Å². The summed E-state index contributed by atoms with van der Waals surface area (Å²) in [5.74, 6) is 0.731. The lowest BCUT2D eigenvalue weighted by atomic mass is 10.1. The van der Waals surface area contributed by atoms with Gasteiger partial charge in [-0.05, 0) is 20.0 Å². The van der Waals surface area contributed by atoms with Gasteiger partial charge in [0.05, 0.1) is 0 Å². The predicted octanol–water partition coefficient (Wildman–Crippen LogP) is 1.19. The first-order valence-electron chi connectivity index (χ1n) is 3.90. The summed E-state index contributed by atoms with van der Waals surface area (Å²) in [6.07, 6.45) is 1.24. The molecule has 0 aromatic rings. The molecule has 0 spiro atoms. The van der Waals surface area contributed by atoms with Crippen LogP contribution >= 0.6 is 0 Å². The van der Waals surface area contributed by atoms with E-state index in [1.54, 1.807) is 0 Å². The highest BCUT2D eigenvalue weighted by molar-refractivity contribution is 6.41. The van der Waals surface area contributed by atoms with Crippen molar-refractivity contribution in [1.82, 2.24) is 4.57 Å². The second-order valence-corrected chi connectivity index (χ2v) is 5.69. The SMILES string of the molecule is C=C([SiH2]N(C)C)C(C)CC. The van der Waals surface area contributed by atoms with Gasteiger partial charge in [0.15, 0.2) is 0 Å². The van der Waals surface area contributed by atoms with Crippen LogP contribution in [0.25, 0.3) is 0 Å². The molecule has 0 radical (unpaired) electrons. The van der Waals surface area contributed by atoms with Gasteiger partial charge < -0.3 is 4.57 Å². The van der Waals surface area contributed by atoms with Crippen molar-refractivity contribution < 1.29 is 0 Å². The Balaban J connectivity index is 3.62. The highest BCUT2D eigenvalue weighted by Crippen LogP contribution is 2.10. The fourth-order valence-electron chi connectivity index (χ4n) is 0.851. The molecule has 1 unspecified atom stereocenters. The van der Waals surface area contributed by atoms with Crippen molar-refractivity contribution in [1.29, 1.82) is 0 Å². The van der Waals surface area contributed by atoms with Crippen molar-refractivity contribution in [2.24, 2.45) is 5.92 Å². The number of rotatable bonds is 4. The highest BCUT2D eigenvalue weighted by atomic mass is 28.2. The topological polar surface area (TPSA) is 3.24 Å². The summed E-state index contributed by atoms with van der Waals surface area (Å²) in [5.41, 5.74) is 0. The molecule has 0 heterocycles. The Morgan fingerprint density at radius 1 is 1.60 bits per heavy atom. The van der Waals surface area contributed by atoms with Crippen molar-refractivity contribution in [2.75, 3.05) is 14.1 Å². The van der Waals surface area contributed by atoms with Crippen LogP contribution in [0.5, 0.6) is 0 Å². The Bertz CT molecular complexity index is 110. The maximum Gasteiger partial charge on any atom is 0.121 e. The molecule has 0 saturated heterocycles. The Labute approximate surface area is 67.0 Å². The van der Waals surface area contributed by atoms with Crippen molar-refractivity contribution >= 4 is 9.68 Å². The van der Waals surface area contributed by atoms with Gasteiger partial charge in [-0.3, -0.25) is 0 Å². The van der Waals surface area contributed by atoms with Gasteiger partial charge in [-0.25, -0.2) is 0 Å². The monoisotopic (exact) mass is 157 g/mol. The molecule has 0 rings (SSSR count). The molecule has 0 aromatic heterocycles. The van der Waals surface area contributed by atoms with Crippen LogP contribution in [0.2, 0.25) is 0 Å². The minimum Gasteiger partial charge on any atom is -0.331 e. The fourth-order valence-corrected chi connectivity index (χ4v) is 2.26. The highest BCUT2D eigenvalue weighted by Gasteiger charge is 2.04. The largest absolute Gasteiger partial charge is 0.331 e. The molecule has 0 fully saturated rings. The average molecular weight is 157 g/mol. The quantitative estimate of drug-likeness (QED) is 0.554. The molecular weight excluding hydrogens is 138 g/mol. The molecule has 0 aliphatic rings. The summed E-state index contributed by atoms with van der Waals surface area (Å²) in [4.78, 5) is 0. The van der Waals surface area contributed by atoms with Crippen LogP contribution in [0.3, 0.4) is 0 Å². The van der Waals surface area contributed by atoms with E-state index < -0.39 is 0 Å². The van der Waals surface area contributed by atoms with Crippen LogP contribution in [-0.2, 0) is 0 Å². The van der Waals surface area contributed by atoms with Gasteiger partial charge in [0.25, 0.3) is 0 Å². The first-order chi connectivity index (χ1) is 4.57. The molecule has 10 heavy (non-hydrogen) atoms. The van der Waals surface area contributed by atoms with E-state index in [-0.39, 0.29) is 9.68 Å². The maximum absolute atomic E-state index is 4.09. The Morgan fingerprint density at radius 2 is 2.10 bits per heavy atom. The van der Waals surface area contributed by atoms with Crippen molar-refractivity contribution in [3.05, 3.63) is 11.8 Å². The molecular formula is C8H19NSi. The molecule has 0 aliphatic heterocycles. The zero-order chi connectivity index (χ0) is 8.15. The second kappa shape index (κ2) is 4.69. The zero-order valence-electron chi connectivity index (χ0n) is 7.65. The second-order valence-electron chi connectivity index (χ2n) is 3.21. The minimum atomic E-state index is -0.149. The van der Waals surface area contributed by atoms with E-state index in [0.29, 0.717) is 0 Å². The molecule has 0 bridgehead atoms. The lowest BCUT2D eigenvalue weighted by Gasteiger charge is -2.15. The van der Waals surface area contributed by atoms with Gasteiger partial charge in [-0.1, -0.05) is 25.5 Å². The third kappa shape index (κ3) is 3.85. The molecule has 60 valence electrons. The third-order valence-electron chi connectivity index (χ3n) is 1.83. The van der Waals surface area contributed by atoms with Crippen LogP contribution in [0.1, 0.15) is 20.3 Å². The minimum absolute atomic E-state index is 0.149. The van der Waals surface area contributed by atoms with Crippen LogP contribution in [0.15, 0.2) is 11.8 Å². The summed E-state index contributed by atoms with van der Waals surface area (Å²) in [6.45, 7) is 8.57. The molecule has 2 heteroatoms. The van der Waals surface area contributed by atoms with E-state index in [1.807, 2.05) is 0 Å². The van der Waals surface area contributed by atoms with Gasteiger partial charge in [-0.15, -0.1) is 6.58 Å². The first-order valence-corrected chi connectivity index (χ1v) is 5.24. The Kier molecular flexibility index (Phi) is 4.65. The Morgan fingerprint density at radius 3 is 2.40 bits per heavy atom. The summed E-state index contributed by atoms with van der Waals surface area (Å²) in [7, 11) is 4.13. The van der Waals surface area contributed by atoms with E-state index in [1.165, 1.54) is 11.6 Å². The van der Waals surface area contributed by atoms with Gasteiger partial charge >= 0.3 is 0 Å². The fraction of sp³-hybridized carbons (Fsp3) is 0.750. The van der Waals surface area contributed by atoms with E-state index in [2.05, 4.69) is 39.1 Å². The van der Waals surface area contributed by atoms with E-state index in [9.17, 15) is 0 Å². The van der Waals surface area contributed by atoms with Crippen LogP contribution in [0.4, 0.5) is 0 Å². The smallest absolute Gasteiger partial charge is 0.121 e. The number of nitrogens with zero attached hydrogens (tertiary/aromatic N) is 1. The Hall–Kier alpha value is -0.0831. The van der Waals surface area contributed by atoms with E-state index in [0.717, 1.165) is 5.92 Å². The molecule has 0 saturated carbocycles. The standard InChI is InChI=1S/C8H19NSi/c1-6-7(2)8(3)10-9(4)5/h7H,3,6,10H2,1-2,4-5H3. The lowest BCUT2D eigenvalue weighted by Crippen LogP contribution is -2.21. The van der Waals surface area contributed by atoms with Gasteiger partial charge in [0.2, 0.25) is 0 Å². The summed E-state index contributed by atoms with van der Waals surface area (Å²) < 4.78 is 2.30. The van der Waals surface area contributed by atoms with Crippen molar-refractivity contribution in [3.63, 3.8) is 0 Å². The van der Waals surface area contributed by atoms with Gasteiger partial charge in [-0.2, -0.15) is 0 Å². The molecule has 1 atom stereocenters. The van der Waals surface area contributed by atoms with Crippen LogP contribution < -0.4 is 0 Å². The maximum atomic E-state index is 4.09. The third-order valence-corrected chi connectivity index (χ3v) is 3.56. The predicted molar refractivity (Wildman–Crippen MR) is 50.8 cm³/mol.